The highest BCUT2D eigenvalue weighted by Gasteiger charge is 2.22. The normalized spacial score (nSPS) is 18.6. The van der Waals surface area contributed by atoms with Crippen LogP contribution in [-0.2, 0) is 32.1 Å². The van der Waals surface area contributed by atoms with Gasteiger partial charge in [-0.25, -0.2) is 0 Å². The average Bonchev–Trinajstić information content (AvgIpc) is 2.39. The summed E-state index contributed by atoms with van der Waals surface area (Å²) in [6.07, 6.45) is 13.1. The van der Waals surface area contributed by atoms with Crippen molar-refractivity contribution in [2.75, 3.05) is 0 Å². The van der Waals surface area contributed by atoms with Crippen molar-refractivity contribution in [3.63, 3.8) is 0 Å². The molecule has 0 amide bonds. The van der Waals surface area contributed by atoms with E-state index in [0.717, 1.165) is 0 Å². The van der Waals surface area contributed by atoms with E-state index in [1.807, 2.05) is 0 Å². The van der Waals surface area contributed by atoms with Gasteiger partial charge in [-0.05, 0) is 74.5 Å². The van der Waals surface area contributed by atoms with Crippen LogP contribution in [0.4, 0.5) is 0 Å². The first-order valence-electron chi connectivity index (χ1n) is 7.42. The lowest BCUT2D eigenvalue weighted by atomic mass is 9.83. The zero-order chi connectivity index (χ0) is 11.7. The molecule has 92 valence electrons. The van der Waals surface area contributed by atoms with Crippen molar-refractivity contribution in [3.05, 3.63) is 28.1 Å². The van der Waals surface area contributed by atoms with Gasteiger partial charge in [-0.1, -0.05) is 13.3 Å². The van der Waals surface area contributed by atoms with Crippen molar-refractivity contribution in [3.8, 4) is 0 Å². The van der Waals surface area contributed by atoms with E-state index in [4.69, 9.17) is 4.98 Å². The first-order chi connectivity index (χ1) is 8.40. The summed E-state index contributed by atoms with van der Waals surface area (Å²) >= 11 is 0. The van der Waals surface area contributed by atoms with E-state index in [2.05, 4.69) is 6.92 Å². The lowest BCUT2D eigenvalue weighted by Gasteiger charge is -2.26. The van der Waals surface area contributed by atoms with E-state index < -0.39 is 0 Å². The fraction of sp³-hybridized carbons (Fsp3) is 0.688. The van der Waals surface area contributed by atoms with E-state index in [1.165, 1.54) is 75.6 Å². The summed E-state index contributed by atoms with van der Waals surface area (Å²) in [5, 5.41) is 0. The quantitative estimate of drug-likeness (QED) is 0.752. The van der Waals surface area contributed by atoms with Gasteiger partial charge in [0.2, 0.25) is 0 Å². The fourth-order valence-electron chi connectivity index (χ4n) is 3.57. The summed E-state index contributed by atoms with van der Waals surface area (Å²) in [7, 11) is 0. The second kappa shape index (κ2) is 4.80. The molecule has 1 heteroatoms. The standard InChI is InChI=1S/C16H23N/c1-2-7-12-13-8-3-5-10-15(13)17-16-11-6-4-9-14(12)16/h2-11H2,1H3. The molecule has 2 aliphatic carbocycles. The maximum absolute atomic E-state index is 5.00. The summed E-state index contributed by atoms with van der Waals surface area (Å²) in [4.78, 5) is 5.00. The Morgan fingerprint density at radius 3 is 1.88 bits per heavy atom. The number of hydrogen-bond acceptors (Lipinski definition) is 1. The Labute approximate surface area is 105 Å². The fourth-order valence-corrected chi connectivity index (χ4v) is 3.57. The van der Waals surface area contributed by atoms with Crippen LogP contribution < -0.4 is 0 Å². The summed E-state index contributed by atoms with van der Waals surface area (Å²) < 4.78 is 0. The molecule has 1 heterocycles. The van der Waals surface area contributed by atoms with Crippen molar-refractivity contribution in [1.82, 2.24) is 4.98 Å². The Morgan fingerprint density at radius 1 is 0.824 bits per heavy atom. The third-order valence-corrected chi connectivity index (χ3v) is 4.38. The van der Waals surface area contributed by atoms with Gasteiger partial charge in [0.05, 0.1) is 0 Å². The van der Waals surface area contributed by atoms with Crippen LogP contribution in [0.3, 0.4) is 0 Å². The second-order valence-electron chi connectivity index (χ2n) is 5.61. The Hall–Kier alpha value is -0.850. The van der Waals surface area contributed by atoms with Crippen LogP contribution in [0.15, 0.2) is 0 Å². The second-order valence-corrected chi connectivity index (χ2v) is 5.61. The average molecular weight is 229 g/mol. The van der Waals surface area contributed by atoms with Crippen LogP contribution in [0, 0.1) is 0 Å². The van der Waals surface area contributed by atoms with Crippen LogP contribution in [0.2, 0.25) is 0 Å². The predicted molar refractivity (Wildman–Crippen MR) is 71.5 cm³/mol. The number of pyridine rings is 1. The van der Waals surface area contributed by atoms with Crippen LogP contribution in [-0.4, -0.2) is 4.98 Å². The minimum atomic E-state index is 1.24. The lowest BCUT2D eigenvalue weighted by Crippen LogP contribution is -2.17. The molecule has 2 aliphatic rings. The molecule has 1 nitrogen and oxygen atoms in total. The largest absolute Gasteiger partial charge is 0.257 e. The highest BCUT2D eigenvalue weighted by atomic mass is 14.7. The van der Waals surface area contributed by atoms with E-state index in [9.17, 15) is 0 Å². The number of rotatable bonds is 2. The Kier molecular flexibility index (Phi) is 3.17. The summed E-state index contributed by atoms with van der Waals surface area (Å²) in [5.41, 5.74) is 7.94. The third kappa shape index (κ3) is 2.00. The van der Waals surface area contributed by atoms with E-state index in [-0.39, 0.29) is 0 Å². The summed E-state index contributed by atoms with van der Waals surface area (Å²) in [6, 6.07) is 0. The number of aromatic nitrogens is 1. The molecule has 0 saturated heterocycles. The number of nitrogens with zero attached hydrogens (tertiary/aromatic N) is 1. The van der Waals surface area contributed by atoms with E-state index >= 15 is 0 Å². The molecule has 17 heavy (non-hydrogen) atoms. The molecule has 1 aromatic rings. The topological polar surface area (TPSA) is 12.9 Å². The molecule has 0 atom stereocenters. The van der Waals surface area contributed by atoms with Gasteiger partial charge in [-0.3, -0.25) is 4.98 Å². The predicted octanol–water partition coefficient (Wildman–Crippen LogP) is 3.79. The van der Waals surface area contributed by atoms with Gasteiger partial charge in [-0.15, -0.1) is 0 Å². The van der Waals surface area contributed by atoms with Gasteiger partial charge in [-0.2, -0.15) is 0 Å². The number of hydrogen-bond donors (Lipinski definition) is 0. The van der Waals surface area contributed by atoms with Gasteiger partial charge >= 0.3 is 0 Å². The third-order valence-electron chi connectivity index (χ3n) is 4.38. The monoisotopic (exact) mass is 229 g/mol. The molecule has 0 spiro atoms. The number of fused-ring (bicyclic) bond motifs is 2. The molecule has 1 aromatic heterocycles. The molecule has 0 N–H and O–H groups in total. The van der Waals surface area contributed by atoms with E-state index in [1.54, 1.807) is 16.7 Å². The van der Waals surface area contributed by atoms with Crippen molar-refractivity contribution >= 4 is 0 Å². The van der Waals surface area contributed by atoms with E-state index in [0.29, 0.717) is 0 Å². The highest BCUT2D eigenvalue weighted by Crippen LogP contribution is 2.32. The minimum Gasteiger partial charge on any atom is -0.257 e. The maximum Gasteiger partial charge on any atom is 0.0441 e. The molecule has 3 rings (SSSR count). The molecular weight excluding hydrogens is 206 g/mol. The molecule has 0 aliphatic heterocycles. The van der Waals surface area contributed by atoms with Crippen molar-refractivity contribution in [1.29, 1.82) is 0 Å². The van der Waals surface area contributed by atoms with Crippen LogP contribution in [0.1, 0.15) is 67.1 Å². The van der Waals surface area contributed by atoms with Gasteiger partial charge in [0.25, 0.3) is 0 Å². The molecular formula is C16H23N. The van der Waals surface area contributed by atoms with Gasteiger partial charge in [0.15, 0.2) is 0 Å². The lowest BCUT2D eigenvalue weighted by molar-refractivity contribution is 0.613. The molecule has 0 aromatic carbocycles. The highest BCUT2D eigenvalue weighted by molar-refractivity contribution is 5.43. The first kappa shape index (κ1) is 11.3. The van der Waals surface area contributed by atoms with Crippen LogP contribution in [0.25, 0.3) is 0 Å². The van der Waals surface area contributed by atoms with Crippen LogP contribution in [0.5, 0.6) is 0 Å². The smallest absolute Gasteiger partial charge is 0.0441 e. The minimum absolute atomic E-state index is 1.24. The summed E-state index contributed by atoms with van der Waals surface area (Å²) in [6.45, 7) is 2.31. The van der Waals surface area contributed by atoms with Crippen LogP contribution >= 0.6 is 0 Å². The Balaban J connectivity index is 2.12. The van der Waals surface area contributed by atoms with Crippen molar-refractivity contribution < 1.29 is 0 Å². The molecule has 0 bridgehead atoms. The molecule has 0 saturated carbocycles. The molecule has 0 fully saturated rings. The van der Waals surface area contributed by atoms with Gasteiger partial charge in [0.1, 0.15) is 0 Å². The number of aryl methyl sites for hydroxylation is 2. The molecule has 0 radical (unpaired) electrons. The SMILES string of the molecule is CCCc1c2c(nc3c1CCCC3)CCCC2. The van der Waals surface area contributed by atoms with Gasteiger partial charge < -0.3 is 0 Å². The van der Waals surface area contributed by atoms with Crippen molar-refractivity contribution in [2.45, 2.75) is 71.1 Å². The zero-order valence-corrected chi connectivity index (χ0v) is 11.0. The van der Waals surface area contributed by atoms with Gasteiger partial charge in [0, 0.05) is 11.4 Å². The molecule has 0 unspecified atom stereocenters. The maximum atomic E-state index is 5.00. The van der Waals surface area contributed by atoms with Crippen molar-refractivity contribution in [2.24, 2.45) is 0 Å². The summed E-state index contributed by atoms with van der Waals surface area (Å²) in [5.74, 6) is 0. The first-order valence-corrected chi connectivity index (χ1v) is 7.42. The Bertz CT molecular complexity index is 386. The zero-order valence-electron chi connectivity index (χ0n) is 11.0. The Morgan fingerprint density at radius 2 is 1.35 bits per heavy atom.